The summed E-state index contributed by atoms with van der Waals surface area (Å²) in [5.74, 6) is -1.01. The van der Waals surface area contributed by atoms with Gasteiger partial charge in [-0.25, -0.2) is 4.79 Å². The van der Waals surface area contributed by atoms with E-state index in [0.29, 0.717) is 11.3 Å². The Bertz CT molecular complexity index is 786. The van der Waals surface area contributed by atoms with Crippen molar-refractivity contribution in [3.05, 3.63) is 65.2 Å². The maximum absolute atomic E-state index is 12.5. The molecule has 1 unspecified atom stereocenters. The highest BCUT2D eigenvalue weighted by molar-refractivity contribution is 5.79. The quantitative estimate of drug-likeness (QED) is 0.769. The van der Waals surface area contributed by atoms with Crippen molar-refractivity contribution in [3.8, 4) is 5.75 Å². The molecule has 27 heavy (non-hydrogen) atoms. The van der Waals surface area contributed by atoms with Crippen molar-refractivity contribution in [2.45, 2.75) is 25.6 Å². The van der Waals surface area contributed by atoms with Gasteiger partial charge in [0.25, 0.3) is 0 Å². The fourth-order valence-corrected chi connectivity index (χ4v) is 2.37. The smallest absolute Gasteiger partial charge is 0.416 e. The summed E-state index contributed by atoms with van der Waals surface area (Å²) in [6.07, 6.45) is -4.45. The number of ether oxygens (including phenoxy) is 1. The van der Waals surface area contributed by atoms with Crippen LogP contribution in [-0.4, -0.2) is 23.6 Å². The minimum atomic E-state index is -4.41. The second-order valence-electron chi connectivity index (χ2n) is 5.91. The fourth-order valence-electron chi connectivity index (χ4n) is 2.37. The van der Waals surface area contributed by atoms with Crippen LogP contribution >= 0.6 is 0 Å². The molecule has 0 aliphatic heterocycles. The molecule has 1 amide bonds. The van der Waals surface area contributed by atoms with Gasteiger partial charge >= 0.3 is 12.1 Å². The zero-order valence-corrected chi connectivity index (χ0v) is 14.4. The van der Waals surface area contributed by atoms with E-state index < -0.39 is 24.3 Å². The van der Waals surface area contributed by atoms with Crippen molar-refractivity contribution in [3.63, 3.8) is 0 Å². The zero-order valence-electron chi connectivity index (χ0n) is 14.4. The number of aliphatic carboxylic acids is 1. The van der Waals surface area contributed by atoms with Gasteiger partial charge in [0.2, 0.25) is 5.91 Å². The molecule has 0 heterocycles. The molecule has 5 nitrogen and oxygen atoms in total. The molecule has 0 fully saturated rings. The number of nitrogens with one attached hydrogen (secondary N) is 1. The highest BCUT2D eigenvalue weighted by atomic mass is 19.4. The Balaban J connectivity index is 1.90. The first-order valence-corrected chi connectivity index (χ1v) is 8.05. The maximum Gasteiger partial charge on any atom is 0.416 e. The molecule has 0 aliphatic rings. The van der Waals surface area contributed by atoms with E-state index >= 15 is 0 Å². The van der Waals surface area contributed by atoms with Crippen LogP contribution in [0.5, 0.6) is 5.75 Å². The van der Waals surface area contributed by atoms with Crippen LogP contribution in [0.2, 0.25) is 0 Å². The van der Waals surface area contributed by atoms with Crippen LogP contribution in [0, 0.1) is 0 Å². The van der Waals surface area contributed by atoms with E-state index in [2.05, 4.69) is 5.32 Å². The number of benzene rings is 2. The summed E-state index contributed by atoms with van der Waals surface area (Å²) in [6, 6.07) is 10.7. The zero-order chi connectivity index (χ0) is 20.0. The number of rotatable bonds is 7. The van der Waals surface area contributed by atoms with Gasteiger partial charge in [0, 0.05) is 0 Å². The first-order valence-electron chi connectivity index (χ1n) is 8.05. The number of amides is 1. The van der Waals surface area contributed by atoms with Gasteiger partial charge in [-0.1, -0.05) is 24.3 Å². The third-order valence-corrected chi connectivity index (χ3v) is 3.77. The van der Waals surface area contributed by atoms with E-state index in [1.54, 1.807) is 31.2 Å². The summed E-state index contributed by atoms with van der Waals surface area (Å²) in [6.45, 7) is 1.32. The third kappa shape index (κ3) is 6.32. The maximum atomic E-state index is 12.5. The second-order valence-corrected chi connectivity index (χ2v) is 5.91. The first kappa shape index (κ1) is 20.3. The Hall–Kier alpha value is -3.03. The lowest BCUT2D eigenvalue weighted by Crippen LogP contribution is -2.28. The molecule has 1 atom stereocenters. The largest absolute Gasteiger partial charge is 0.482 e. The molecule has 0 radical (unpaired) electrons. The topological polar surface area (TPSA) is 75.6 Å². The first-order chi connectivity index (χ1) is 12.6. The van der Waals surface area contributed by atoms with Crippen LogP contribution < -0.4 is 10.1 Å². The van der Waals surface area contributed by atoms with Crippen molar-refractivity contribution in [1.82, 2.24) is 5.32 Å². The summed E-state index contributed by atoms with van der Waals surface area (Å²) >= 11 is 0. The number of hydrogen-bond donors (Lipinski definition) is 2. The molecule has 144 valence electrons. The molecule has 0 saturated heterocycles. The summed E-state index contributed by atoms with van der Waals surface area (Å²) in [5.41, 5.74) is 0.494. The number of halogens is 3. The normalized spacial score (nSPS) is 12.3. The molecule has 0 aromatic heterocycles. The summed E-state index contributed by atoms with van der Waals surface area (Å²) in [7, 11) is 0. The molecule has 2 N–H and O–H groups in total. The van der Waals surface area contributed by atoms with Crippen LogP contribution in [-0.2, 0) is 22.2 Å². The second kappa shape index (κ2) is 8.57. The van der Waals surface area contributed by atoms with Crippen LogP contribution in [0.25, 0.3) is 0 Å². The lowest BCUT2D eigenvalue weighted by atomic mass is 10.1. The molecule has 0 bridgehead atoms. The molecule has 0 spiro atoms. The van der Waals surface area contributed by atoms with Crippen molar-refractivity contribution in [1.29, 1.82) is 0 Å². The van der Waals surface area contributed by atoms with Crippen LogP contribution in [0.15, 0.2) is 48.5 Å². The summed E-state index contributed by atoms with van der Waals surface area (Å²) in [5, 5.41) is 11.3. The minimum absolute atomic E-state index is 0.0394. The van der Waals surface area contributed by atoms with E-state index in [1.807, 2.05) is 0 Å². The number of carboxylic acids is 1. The van der Waals surface area contributed by atoms with Crippen molar-refractivity contribution in [2.24, 2.45) is 0 Å². The van der Waals surface area contributed by atoms with E-state index in [1.165, 1.54) is 12.1 Å². The molecular formula is C19H18F3NO4. The van der Waals surface area contributed by atoms with Gasteiger partial charge in [0.1, 0.15) is 5.75 Å². The van der Waals surface area contributed by atoms with Gasteiger partial charge in [0.15, 0.2) is 6.61 Å². The highest BCUT2D eigenvalue weighted by Crippen LogP contribution is 2.29. The van der Waals surface area contributed by atoms with E-state index in [4.69, 9.17) is 9.84 Å². The van der Waals surface area contributed by atoms with Gasteiger partial charge in [-0.15, -0.1) is 0 Å². The average molecular weight is 381 g/mol. The Morgan fingerprint density at radius 2 is 1.67 bits per heavy atom. The fraction of sp³-hybridized carbons (Fsp3) is 0.263. The summed E-state index contributed by atoms with van der Waals surface area (Å²) < 4.78 is 42.7. The van der Waals surface area contributed by atoms with E-state index in [0.717, 1.165) is 17.7 Å². The van der Waals surface area contributed by atoms with Crippen molar-refractivity contribution >= 4 is 11.9 Å². The summed E-state index contributed by atoms with van der Waals surface area (Å²) in [4.78, 5) is 22.6. The predicted molar refractivity (Wildman–Crippen MR) is 91.3 cm³/mol. The molecule has 0 aliphatic carbocycles. The lowest BCUT2D eigenvalue weighted by Gasteiger charge is -2.15. The number of hydrogen-bond acceptors (Lipinski definition) is 3. The molecular weight excluding hydrogens is 363 g/mol. The lowest BCUT2D eigenvalue weighted by molar-refractivity contribution is -0.139. The standard InChI is InChI=1S/C19H18F3NO4/c1-12(14-4-8-16(9-5-14)27-11-18(25)26)23-17(24)10-13-2-6-15(7-3-13)19(20,21)22/h2-9,12H,10-11H2,1H3,(H,23,24)(H,25,26). The average Bonchev–Trinajstić information content (AvgIpc) is 2.60. The van der Waals surface area contributed by atoms with Gasteiger partial charge in [-0.2, -0.15) is 13.2 Å². The number of carboxylic acid groups (broad SMARTS) is 1. The minimum Gasteiger partial charge on any atom is -0.482 e. The van der Waals surface area contributed by atoms with Gasteiger partial charge < -0.3 is 15.2 Å². The van der Waals surface area contributed by atoms with E-state index in [-0.39, 0.29) is 18.4 Å². The SMILES string of the molecule is CC(NC(=O)Cc1ccc(C(F)(F)F)cc1)c1ccc(OCC(=O)O)cc1. The van der Waals surface area contributed by atoms with Crippen molar-refractivity contribution < 1.29 is 32.6 Å². The van der Waals surface area contributed by atoms with E-state index in [9.17, 15) is 22.8 Å². The molecule has 2 aromatic carbocycles. The number of alkyl halides is 3. The Morgan fingerprint density at radius 1 is 1.07 bits per heavy atom. The van der Waals surface area contributed by atoms with Gasteiger partial charge in [-0.3, -0.25) is 4.79 Å². The van der Waals surface area contributed by atoms with Crippen LogP contribution in [0.3, 0.4) is 0 Å². The van der Waals surface area contributed by atoms with Crippen LogP contribution in [0.1, 0.15) is 29.7 Å². The van der Waals surface area contributed by atoms with Gasteiger partial charge in [0.05, 0.1) is 18.0 Å². The molecule has 2 aromatic rings. The third-order valence-electron chi connectivity index (χ3n) is 3.77. The predicted octanol–water partition coefficient (Wildman–Crippen LogP) is 3.59. The number of carbonyl (C=O) groups excluding carboxylic acids is 1. The van der Waals surface area contributed by atoms with Crippen LogP contribution in [0.4, 0.5) is 13.2 Å². The Labute approximate surface area is 153 Å². The monoisotopic (exact) mass is 381 g/mol. The van der Waals surface area contributed by atoms with Crippen molar-refractivity contribution in [2.75, 3.05) is 6.61 Å². The molecule has 8 heteroatoms. The Morgan fingerprint density at radius 3 is 2.19 bits per heavy atom. The molecule has 2 rings (SSSR count). The number of carbonyl (C=O) groups is 2. The molecule has 0 saturated carbocycles. The van der Waals surface area contributed by atoms with Gasteiger partial charge in [-0.05, 0) is 42.3 Å². The highest BCUT2D eigenvalue weighted by Gasteiger charge is 2.30. The Kier molecular flexibility index (Phi) is 6.44.